The van der Waals surface area contributed by atoms with Crippen molar-refractivity contribution in [3.05, 3.63) is 51.7 Å². The first-order valence-corrected chi connectivity index (χ1v) is 7.28. The molecular weight excluding hydrogens is 256 g/mol. The van der Waals surface area contributed by atoms with Gasteiger partial charge >= 0.3 is 0 Å². The van der Waals surface area contributed by atoms with Crippen molar-refractivity contribution in [2.24, 2.45) is 0 Å². The molecule has 0 aliphatic carbocycles. The summed E-state index contributed by atoms with van der Waals surface area (Å²) < 4.78 is 0. The number of carbonyl (C=O) groups excluding carboxylic acids is 1. The molecule has 0 saturated carbocycles. The molecule has 2 rings (SSSR count). The van der Waals surface area contributed by atoms with Crippen molar-refractivity contribution >= 4 is 22.9 Å². The number of carbonyl (C=O) groups is 1. The van der Waals surface area contributed by atoms with E-state index in [0.717, 1.165) is 23.4 Å². The van der Waals surface area contributed by atoms with E-state index in [1.165, 1.54) is 0 Å². The van der Waals surface area contributed by atoms with Gasteiger partial charge in [-0.3, -0.25) is 4.79 Å². The number of rotatable bonds is 5. The molecule has 2 aromatic rings. The molecule has 100 valence electrons. The summed E-state index contributed by atoms with van der Waals surface area (Å²) in [5, 5.41) is 10.2. The zero-order valence-corrected chi connectivity index (χ0v) is 12.0. The zero-order valence-electron chi connectivity index (χ0n) is 11.2. The van der Waals surface area contributed by atoms with Gasteiger partial charge in [0, 0.05) is 18.8 Å². The van der Waals surface area contributed by atoms with Gasteiger partial charge in [0.1, 0.15) is 0 Å². The zero-order chi connectivity index (χ0) is 13.7. The Kier molecular flexibility index (Phi) is 4.58. The van der Waals surface area contributed by atoms with Gasteiger partial charge < -0.3 is 10.6 Å². The molecule has 0 bridgehead atoms. The van der Waals surface area contributed by atoms with Crippen LogP contribution in [0.25, 0.3) is 0 Å². The van der Waals surface area contributed by atoms with Gasteiger partial charge in [0.05, 0.1) is 5.56 Å². The van der Waals surface area contributed by atoms with Crippen LogP contribution in [0, 0.1) is 6.92 Å². The van der Waals surface area contributed by atoms with Gasteiger partial charge in [0.25, 0.3) is 5.91 Å². The maximum atomic E-state index is 12.2. The standard InChI is InChI=1S/C15H18N2OS/c1-3-16-14-8-11(2)4-5-13(14)15(18)17-9-12-6-7-19-10-12/h4-8,10,16H,3,9H2,1-2H3,(H,17,18). The number of benzene rings is 1. The van der Waals surface area contributed by atoms with E-state index in [4.69, 9.17) is 0 Å². The molecule has 19 heavy (non-hydrogen) atoms. The van der Waals surface area contributed by atoms with E-state index in [1.807, 2.05) is 48.9 Å². The molecule has 0 aliphatic heterocycles. The molecule has 0 unspecified atom stereocenters. The third kappa shape index (κ3) is 3.58. The first kappa shape index (κ1) is 13.6. The Morgan fingerprint density at radius 1 is 1.32 bits per heavy atom. The number of thiophene rings is 1. The van der Waals surface area contributed by atoms with Crippen LogP contribution in [0.5, 0.6) is 0 Å². The van der Waals surface area contributed by atoms with Gasteiger partial charge in [-0.05, 0) is 53.9 Å². The van der Waals surface area contributed by atoms with Crippen LogP contribution < -0.4 is 10.6 Å². The molecule has 0 atom stereocenters. The molecule has 1 heterocycles. The predicted octanol–water partition coefficient (Wildman–Crippen LogP) is 3.42. The van der Waals surface area contributed by atoms with Gasteiger partial charge in [-0.2, -0.15) is 11.3 Å². The minimum Gasteiger partial charge on any atom is -0.385 e. The fourth-order valence-electron chi connectivity index (χ4n) is 1.86. The van der Waals surface area contributed by atoms with Crippen molar-refractivity contribution < 1.29 is 4.79 Å². The molecule has 0 saturated heterocycles. The molecule has 4 heteroatoms. The summed E-state index contributed by atoms with van der Waals surface area (Å²) in [6.07, 6.45) is 0. The van der Waals surface area contributed by atoms with Crippen molar-refractivity contribution in [3.63, 3.8) is 0 Å². The lowest BCUT2D eigenvalue weighted by atomic mass is 10.1. The summed E-state index contributed by atoms with van der Waals surface area (Å²) in [6.45, 7) is 5.42. The van der Waals surface area contributed by atoms with Gasteiger partial charge in [0.15, 0.2) is 0 Å². The Bertz CT molecular complexity index is 549. The number of anilines is 1. The molecule has 0 radical (unpaired) electrons. The first-order chi connectivity index (χ1) is 9.20. The molecule has 2 N–H and O–H groups in total. The van der Waals surface area contributed by atoms with Crippen LogP contribution in [-0.4, -0.2) is 12.5 Å². The van der Waals surface area contributed by atoms with Gasteiger partial charge in [-0.1, -0.05) is 6.07 Å². The van der Waals surface area contributed by atoms with E-state index in [-0.39, 0.29) is 5.91 Å². The third-order valence-corrected chi connectivity index (χ3v) is 3.55. The molecule has 1 amide bonds. The highest BCUT2D eigenvalue weighted by molar-refractivity contribution is 7.07. The summed E-state index contributed by atoms with van der Waals surface area (Å²) >= 11 is 1.64. The van der Waals surface area contributed by atoms with Crippen LogP contribution in [0.1, 0.15) is 28.4 Å². The van der Waals surface area contributed by atoms with Gasteiger partial charge in [-0.15, -0.1) is 0 Å². The number of nitrogens with one attached hydrogen (secondary N) is 2. The summed E-state index contributed by atoms with van der Waals surface area (Å²) in [7, 11) is 0. The summed E-state index contributed by atoms with van der Waals surface area (Å²) in [4.78, 5) is 12.2. The van der Waals surface area contributed by atoms with Crippen molar-refractivity contribution in [1.82, 2.24) is 5.32 Å². The molecule has 0 fully saturated rings. The first-order valence-electron chi connectivity index (χ1n) is 6.34. The van der Waals surface area contributed by atoms with E-state index in [9.17, 15) is 4.79 Å². The third-order valence-electron chi connectivity index (χ3n) is 2.82. The van der Waals surface area contributed by atoms with Crippen LogP contribution in [0.4, 0.5) is 5.69 Å². The number of aryl methyl sites for hydroxylation is 1. The lowest BCUT2D eigenvalue weighted by Gasteiger charge is -2.11. The summed E-state index contributed by atoms with van der Waals surface area (Å²) in [5.41, 5.74) is 3.87. The highest BCUT2D eigenvalue weighted by Gasteiger charge is 2.10. The van der Waals surface area contributed by atoms with E-state index >= 15 is 0 Å². The smallest absolute Gasteiger partial charge is 0.253 e. The van der Waals surface area contributed by atoms with E-state index in [2.05, 4.69) is 10.6 Å². The second-order valence-electron chi connectivity index (χ2n) is 4.39. The summed E-state index contributed by atoms with van der Waals surface area (Å²) in [5.74, 6) is -0.0397. The fourth-order valence-corrected chi connectivity index (χ4v) is 2.53. The molecular formula is C15H18N2OS. The van der Waals surface area contributed by atoms with Crippen LogP contribution in [-0.2, 0) is 6.54 Å². The molecule has 1 aromatic heterocycles. The lowest BCUT2D eigenvalue weighted by Crippen LogP contribution is -2.23. The maximum Gasteiger partial charge on any atom is 0.253 e. The monoisotopic (exact) mass is 274 g/mol. The van der Waals surface area contributed by atoms with Crippen LogP contribution in [0.15, 0.2) is 35.0 Å². The van der Waals surface area contributed by atoms with E-state index < -0.39 is 0 Å². The van der Waals surface area contributed by atoms with Crippen LogP contribution >= 0.6 is 11.3 Å². The lowest BCUT2D eigenvalue weighted by molar-refractivity contribution is 0.0952. The Hall–Kier alpha value is -1.81. The van der Waals surface area contributed by atoms with E-state index in [0.29, 0.717) is 12.1 Å². The quantitative estimate of drug-likeness (QED) is 0.877. The Morgan fingerprint density at radius 3 is 2.84 bits per heavy atom. The molecule has 3 nitrogen and oxygen atoms in total. The average Bonchev–Trinajstić information content (AvgIpc) is 2.90. The molecule has 0 aliphatic rings. The SMILES string of the molecule is CCNc1cc(C)ccc1C(=O)NCc1ccsc1. The Morgan fingerprint density at radius 2 is 2.16 bits per heavy atom. The van der Waals surface area contributed by atoms with E-state index in [1.54, 1.807) is 11.3 Å². The number of amides is 1. The van der Waals surface area contributed by atoms with Gasteiger partial charge in [-0.25, -0.2) is 0 Å². The second-order valence-corrected chi connectivity index (χ2v) is 5.17. The number of hydrogen-bond donors (Lipinski definition) is 2. The molecule has 0 spiro atoms. The fraction of sp³-hybridized carbons (Fsp3) is 0.267. The maximum absolute atomic E-state index is 12.2. The predicted molar refractivity (Wildman–Crippen MR) is 80.8 cm³/mol. The number of hydrogen-bond acceptors (Lipinski definition) is 3. The minimum atomic E-state index is -0.0397. The van der Waals surface area contributed by atoms with Crippen molar-refractivity contribution in [2.75, 3.05) is 11.9 Å². The largest absolute Gasteiger partial charge is 0.385 e. The highest BCUT2D eigenvalue weighted by Crippen LogP contribution is 2.17. The Balaban J connectivity index is 2.09. The van der Waals surface area contributed by atoms with Gasteiger partial charge in [0.2, 0.25) is 0 Å². The normalized spacial score (nSPS) is 10.2. The van der Waals surface area contributed by atoms with Crippen molar-refractivity contribution in [2.45, 2.75) is 20.4 Å². The van der Waals surface area contributed by atoms with Crippen LogP contribution in [0.2, 0.25) is 0 Å². The van der Waals surface area contributed by atoms with Crippen LogP contribution in [0.3, 0.4) is 0 Å². The van der Waals surface area contributed by atoms with Crippen molar-refractivity contribution in [1.29, 1.82) is 0 Å². The second kappa shape index (κ2) is 6.38. The summed E-state index contributed by atoms with van der Waals surface area (Å²) in [6, 6.07) is 7.85. The van der Waals surface area contributed by atoms with Crippen molar-refractivity contribution in [3.8, 4) is 0 Å². The Labute approximate surface area is 117 Å². The topological polar surface area (TPSA) is 41.1 Å². The minimum absolute atomic E-state index is 0.0397. The highest BCUT2D eigenvalue weighted by atomic mass is 32.1. The average molecular weight is 274 g/mol. The molecule has 1 aromatic carbocycles.